The minimum absolute atomic E-state index is 0.746. The fourth-order valence-corrected chi connectivity index (χ4v) is 4.10. The zero-order chi connectivity index (χ0) is 10.1. The first-order chi connectivity index (χ1) is 7.43. The molecule has 2 heteroatoms. The van der Waals surface area contributed by atoms with E-state index in [1.165, 1.54) is 36.1 Å². The predicted octanol–water partition coefficient (Wildman–Crippen LogP) is 3.19. The molecule has 1 heterocycles. The second-order valence-electron chi connectivity index (χ2n) is 4.54. The molecule has 1 N–H and O–H groups in total. The summed E-state index contributed by atoms with van der Waals surface area (Å²) in [4.78, 5) is 1.50. The molecule has 1 saturated carbocycles. The molecule has 1 aromatic carbocycles. The van der Waals surface area contributed by atoms with Crippen LogP contribution < -0.4 is 5.32 Å². The molecule has 1 aliphatic heterocycles. The lowest BCUT2D eigenvalue weighted by Gasteiger charge is -2.29. The Balaban J connectivity index is 1.88. The van der Waals surface area contributed by atoms with Crippen LogP contribution in [0.3, 0.4) is 0 Å². The largest absolute Gasteiger partial charge is 0.309 e. The van der Waals surface area contributed by atoms with Crippen molar-refractivity contribution in [3.8, 4) is 0 Å². The quantitative estimate of drug-likeness (QED) is 0.719. The summed E-state index contributed by atoms with van der Waals surface area (Å²) in [6, 6.07) is 9.59. The maximum absolute atomic E-state index is 3.72. The van der Waals surface area contributed by atoms with Crippen molar-refractivity contribution in [1.82, 2.24) is 5.32 Å². The Morgan fingerprint density at radius 3 is 3.00 bits per heavy atom. The average molecular weight is 219 g/mol. The van der Waals surface area contributed by atoms with Gasteiger partial charge in [0.05, 0.1) is 0 Å². The van der Waals surface area contributed by atoms with Crippen LogP contribution in [0.15, 0.2) is 29.2 Å². The van der Waals surface area contributed by atoms with Gasteiger partial charge in [0.15, 0.2) is 0 Å². The zero-order valence-electron chi connectivity index (χ0n) is 8.91. The molecule has 0 aromatic heterocycles. The van der Waals surface area contributed by atoms with Crippen molar-refractivity contribution in [1.29, 1.82) is 0 Å². The maximum atomic E-state index is 3.72. The van der Waals surface area contributed by atoms with Gasteiger partial charge in [0.1, 0.15) is 0 Å². The highest BCUT2D eigenvalue weighted by atomic mass is 32.2. The van der Waals surface area contributed by atoms with E-state index in [-0.39, 0.29) is 0 Å². The predicted molar refractivity (Wildman–Crippen MR) is 65.2 cm³/mol. The Hall–Kier alpha value is -0.470. The lowest BCUT2D eigenvalue weighted by Crippen LogP contribution is -2.38. The topological polar surface area (TPSA) is 12.0 Å². The van der Waals surface area contributed by atoms with Crippen LogP contribution >= 0.6 is 11.8 Å². The Morgan fingerprint density at radius 1 is 1.13 bits per heavy atom. The molecule has 1 nitrogen and oxygen atoms in total. The van der Waals surface area contributed by atoms with Gasteiger partial charge in [-0.3, -0.25) is 0 Å². The second-order valence-corrected chi connectivity index (χ2v) is 5.82. The van der Waals surface area contributed by atoms with Gasteiger partial charge >= 0.3 is 0 Å². The smallest absolute Gasteiger partial charge is 0.0248 e. The van der Waals surface area contributed by atoms with Crippen LogP contribution in [0.25, 0.3) is 0 Å². The Morgan fingerprint density at radius 2 is 2.00 bits per heavy atom. The van der Waals surface area contributed by atoms with Gasteiger partial charge in [-0.05, 0) is 24.5 Å². The third-order valence-electron chi connectivity index (χ3n) is 3.51. The van der Waals surface area contributed by atoms with Gasteiger partial charge in [0, 0.05) is 22.7 Å². The number of nitrogens with one attached hydrogen (secondary N) is 1. The number of hydrogen-bond acceptors (Lipinski definition) is 2. The van der Waals surface area contributed by atoms with Gasteiger partial charge in [-0.1, -0.05) is 31.0 Å². The first-order valence-corrected chi connectivity index (χ1v) is 6.79. The molecule has 0 amide bonds. The normalized spacial score (nSPS) is 30.1. The summed E-state index contributed by atoms with van der Waals surface area (Å²) >= 11 is 2.10. The van der Waals surface area contributed by atoms with E-state index in [0.29, 0.717) is 0 Å². The summed E-state index contributed by atoms with van der Waals surface area (Å²) in [5.41, 5.74) is 1.48. The van der Waals surface area contributed by atoms with E-state index in [2.05, 4.69) is 41.3 Å². The minimum Gasteiger partial charge on any atom is -0.309 e. The molecular formula is C13H17NS. The fourth-order valence-electron chi connectivity index (χ4n) is 2.64. The molecule has 1 aromatic rings. The number of hydrogen-bond donors (Lipinski definition) is 1. The van der Waals surface area contributed by atoms with E-state index in [1.807, 2.05) is 0 Å². The highest BCUT2D eigenvalue weighted by Crippen LogP contribution is 2.37. The Kier molecular flexibility index (Phi) is 2.72. The molecular weight excluding hydrogens is 202 g/mol. The monoisotopic (exact) mass is 219 g/mol. The molecule has 0 bridgehead atoms. The first kappa shape index (κ1) is 9.73. The molecule has 0 radical (unpaired) electrons. The second kappa shape index (κ2) is 4.18. The molecule has 2 aliphatic rings. The van der Waals surface area contributed by atoms with Gasteiger partial charge in [-0.25, -0.2) is 0 Å². The minimum atomic E-state index is 0.746. The summed E-state index contributed by atoms with van der Waals surface area (Å²) < 4.78 is 0. The van der Waals surface area contributed by atoms with Gasteiger partial charge in [-0.2, -0.15) is 0 Å². The Bertz CT molecular complexity index is 350. The van der Waals surface area contributed by atoms with Crippen molar-refractivity contribution in [2.24, 2.45) is 0 Å². The van der Waals surface area contributed by atoms with Gasteiger partial charge in [0.25, 0.3) is 0 Å². The van der Waals surface area contributed by atoms with E-state index in [4.69, 9.17) is 0 Å². The van der Waals surface area contributed by atoms with Crippen molar-refractivity contribution in [2.45, 2.75) is 48.4 Å². The lowest BCUT2D eigenvalue weighted by atomic mass is 9.95. The van der Waals surface area contributed by atoms with Crippen LogP contribution in [0, 0.1) is 0 Å². The Labute approximate surface area is 95.6 Å². The molecule has 80 valence electrons. The van der Waals surface area contributed by atoms with Crippen molar-refractivity contribution in [3.63, 3.8) is 0 Å². The molecule has 3 rings (SSSR count). The van der Waals surface area contributed by atoms with Crippen molar-refractivity contribution >= 4 is 11.8 Å². The SMILES string of the molecule is c1ccc2c(c1)CNC1CCCCC1S2. The van der Waals surface area contributed by atoms with Crippen LogP contribution in [-0.2, 0) is 6.54 Å². The highest BCUT2D eigenvalue weighted by molar-refractivity contribution is 8.00. The van der Waals surface area contributed by atoms with Gasteiger partial charge < -0.3 is 5.32 Å². The number of thioether (sulfide) groups is 1. The van der Waals surface area contributed by atoms with Gasteiger partial charge in [0.2, 0.25) is 0 Å². The lowest BCUT2D eigenvalue weighted by molar-refractivity contribution is 0.386. The fraction of sp³-hybridized carbons (Fsp3) is 0.538. The van der Waals surface area contributed by atoms with E-state index >= 15 is 0 Å². The summed E-state index contributed by atoms with van der Waals surface area (Å²) in [6.07, 6.45) is 5.57. The van der Waals surface area contributed by atoms with Crippen LogP contribution in [0.4, 0.5) is 0 Å². The molecule has 15 heavy (non-hydrogen) atoms. The van der Waals surface area contributed by atoms with Crippen molar-refractivity contribution < 1.29 is 0 Å². The van der Waals surface area contributed by atoms with Crippen molar-refractivity contribution in [2.75, 3.05) is 0 Å². The maximum Gasteiger partial charge on any atom is 0.0248 e. The first-order valence-electron chi connectivity index (χ1n) is 5.91. The number of fused-ring (bicyclic) bond motifs is 2. The molecule has 0 spiro atoms. The van der Waals surface area contributed by atoms with Crippen LogP contribution in [-0.4, -0.2) is 11.3 Å². The number of rotatable bonds is 0. The van der Waals surface area contributed by atoms with Crippen LogP contribution in [0.2, 0.25) is 0 Å². The molecule has 2 atom stereocenters. The zero-order valence-corrected chi connectivity index (χ0v) is 9.72. The van der Waals surface area contributed by atoms with Crippen molar-refractivity contribution in [3.05, 3.63) is 29.8 Å². The summed E-state index contributed by atoms with van der Waals surface area (Å²) in [5, 5.41) is 4.53. The molecule has 2 unspecified atom stereocenters. The van der Waals surface area contributed by atoms with E-state index in [1.54, 1.807) is 0 Å². The summed E-state index contributed by atoms with van der Waals surface area (Å²) in [6.45, 7) is 1.06. The van der Waals surface area contributed by atoms with Crippen LogP contribution in [0.5, 0.6) is 0 Å². The third-order valence-corrected chi connectivity index (χ3v) is 5.03. The van der Waals surface area contributed by atoms with E-state index in [9.17, 15) is 0 Å². The van der Waals surface area contributed by atoms with E-state index in [0.717, 1.165) is 17.8 Å². The highest BCUT2D eigenvalue weighted by Gasteiger charge is 2.28. The van der Waals surface area contributed by atoms with Crippen LogP contribution in [0.1, 0.15) is 31.2 Å². The third kappa shape index (κ3) is 1.93. The molecule has 1 fully saturated rings. The average Bonchev–Trinajstić information content (AvgIpc) is 2.48. The molecule has 1 aliphatic carbocycles. The van der Waals surface area contributed by atoms with Gasteiger partial charge in [-0.15, -0.1) is 11.8 Å². The summed E-state index contributed by atoms with van der Waals surface area (Å²) in [7, 11) is 0. The molecule has 0 saturated heterocycles. The standard InChI is InChI=1S/C13H17NS/c1-3-7-12-10(5-1)9-14-11-6-2-4-8-13(11)15-12/h1,3,5,7,11,13-14H,2,4,6,8-9H2. The summed E-state index contributed by atoms with van der Waals surface area (Å²) in [5.74, 6) is 0. The number of benzene rings is 1. The van der Waals surface area contributed by atoms with E-state index < -0.39 is 0 Å².